The van der Waals surface area contributed by atoms with Crippen molar-refractivity contribution in [3.63, 3.8) is 0 Å². The Balaban J connectivity index is 1.60. The van der Waals surface area contributed by atoms with Crippen LogP contribution < -0.4 is 15.5 Å². The number of methoxy groups -OCH3 is 1. The molecule has 1 aliphatic rings. The molecular formula is C21H19N3O2S. The number of para-hydroxylation sites is 1. The van der Waals surface area contributed by atoms with Gasteiger partial charge in [0, 0.05) is 5.69 Å². The van der Waals surface area contributed by atoms with Crippen LogP contribution in [0, 0.1) is 0 Å². The number of hydrogen-bond acceptors (Lipinski definition) is 4. The van der Waals surface area contributed by atoms with Crippen LogP contribution in [0.3, 0.4) is 0 Å². The summed E-state index contributed by atoms with van der Waals surface area (Å²) >= 11 is 5.65. The molecule has 0 bridgehead atoms. The zero-order valence-electron chi connectivity index (χ0n) is 14.8. The molecule has 0 saturated carbocycles. The predicted molar refractivity (Wildman–Crippen MR) is 110 cm³/mol. The lowest BCUT2D eigenvalue weighted by molar-refractivity contribution is 0.306. The number of hydrazine groups is 1. The van der Waals surface area contributed by atoms with Gasteiger partial charge in [-0.3, -0.25) is 5.43 Å². The minimum Gasteiger partial charge on any atom is -0.497 e. The summed E-state index contributed by atoms with van der Waals surface area (Å²) in [6.07, 6.45) is 3.76. The highest BCUT2D eigenvalue weighted by Gasteiger charge is 2.30. The molecule has 6 heteroatoms. The summed E-state index contributed by atoms with van der Waals surface area (Å²) in [5.41, 5.74) is 6.32. The van der Waals surface area contributed by atoms with Crippen LogP contribution in [-0.2, 0) is 0 Å². The molecule has 3 aromatic rings. The Morgan fingerprint density at radius 3 is 2.52 bits per heavy atom. The number of furan rings is 1. The standard InChI is InChI=1S/C21H19N3O2S/c1-25-17-11-9-15(10-12-17)18-14-19(20-8-5-13-26-20)24(23-18)21(27)22-16-6-3-2-4-7-16/h2-14,19,23H,1H3,(H,22,27)/t19-/m1/s1. The Morgan fingerprint density at radius 2 is 1.85 bits per heavy atom. The number of nitrogens with zero attached hydrogens (tertiary/aromatic N) is 1. The van der Waals surface area contributed by atoms with Crippen LogP contribution >= 0.6 is 12.2 Å². The van der Waals surface area contributed by atoms with Crippen LogP contribution in [0.4, 0.5) is 5.69 Å². The molecule has 1 atom stereocenters. The minimum atomic E-state index is -0.152. The van der Waals surface area contributed by atoms with Gasteiger partial charge >= 0.3 is 0 Å². The molecule has 0 unspecified atom stereocenters. The van der Waals surface area contributed by atoms with E-state index in [2.05, 4.69) is 16.8 Å². The van der Waals surface area contributed by atoms with Crippen molar-refractivity contribution < 1.29 is 9.15 Å². The van der Waals surface area contributed by atoms with Crippen molar-refractivity contribution in [3.8, 4) is 5.75 Å². The van der Waals surface area contributed by atoms with Gasteiger partial charge in [0.1, 0.15) is 17.6 Å². The molecule has 1 aromatic heterocycles. The van der Waals surface area contributed by atoms with Gasteiger partial charge in [-0.05, 0) is 72.4 Å². The van der Waals surface area contributed by atoms with Gasteiger partial charge < -0.3 is 14.5 Å². The third-order valence-electron chi connectivity index (χ3n) is 4.32. The van der Waals surface area contributed by atoms with E-state index in [1.54, 1.807) is 13.4 Å². The second kappa shape index (κ2) is 7.55. The molecule has 2 aromatic carbocycles. The fourth-order valence-electron chi connectivity index (χ4n) is 2.95. The lowest BCUT2D eigenvalue weighted by Crippen LogP contribution is -2.42. The number of hydrogen-bond donors (Lipinski definition) is 2. The molecule has 0 spiro atoms. The highest BCUT2D eigenvalue weighted by molar-refractivity contribution is 7.80. The maximum Gasteiger partial charge on any atom is 0.193 e. The minimum absolute atomic E-state index is 0.152. The fourth-order valence-corrected chi connectivity index (χ4v) is 3.23. The van der Waals surface area contributed by atoms with Crippen molar-refractivity contribution in [1.29, 1.82) is 0 Å². The molecule has 0 saturated heterocycles. The van der Waals surface area contributed by atoms with Crippen LogP contribution in [0.5, 0.6) is 5.75 Å². The van der Waals surface area contributed by atoms with Crippen LogP contribution in [0.2, 0.25) is 0 Å². The Hall–Kier alpha value is -3.25. The molecule has 0 radical (unpaired) electrons. The number of ether oxygens (including phenoxy) is 1. The van der Waals surface area contributed by atoms with Gasteiger partial charge in [0.2, 0.25) is 0 Å². The fraction of sp³-hybridized carbons (Fsp3) is 0.0952. The van der Waals surface area contributed by atoms with Gasteiger partial charge in [-0.15, -0.1) is 0 Å². The number of rotatable bonds is 4. The molecule has 1 aliphatic heterocycles. The highest BCUT2D eigenvalue weighted by Crippen LogP contribution is 2.32. The van der Waals surface area contributed by atoms with Crippen LogP contribution in [0.1, 0.15) is 17.4 Å². The van der Waals surface area contributed by atoms with E-state index in [4.69, 9.17) is 21.4 Å². The van der Waals surface area contributed by atoms with Crippen LogP contribution in [0.25, 0.3) is 5.70 Å². The summed E-state index contributed by atoms with van der Waals surface area (Å²) in [5.74, 6) is 1.63. The Kier molecular flexibility index (Phi) is 4.80. The van der Waals surface area contributed by atoms with Crippen LogP contribution in [0.15, 0.2) is 83.5 Å². The van der Waals surface area contributed by atoms with Crippen molar-refractivity contribution in [3.05, 3.63) is 90.4 Å². The zero-order valence-corrected chi connectivity index (χ0v) is 15.6. The molecule has 0 amide bonds. The summed E-state index contributed by atoms with van der Waals surface area (Å²) in [6, 6.07) is 21.4. The maximum absolute atomic E-state index is 5.65. The van der Waals surface area contributed by atoms with Crippen molar-refractivity contribution in [2.24, 2.45) is 0 Å². The van der Waals surface area contributed by atoms with Crippen molar-refractivity contribution >= 4 is 28.7 Å². The lowest BCUT2D eigenvalue weighted by Gasteiger charge is -2.27. The summed E-state index contributed by atoms with van der Waals surface area (Å²) in [6.45, 7) is 0. The van der Waals surface area contributed by atoms with Gasteiger partial charge in [0.15, 0.2) is 5.11 Å². The first-order chi connectivity index (χ1) is 13.2. The SMILES string of the molecule is COc1ccc(C2=C[C@H](c3ccco3)N(C(=S)Nc3ccccc3)N2)cc1. The summed E-state index contributed by atoms with van der Waals surface area (Å²) < 4.78 is 10.9. The first-order valence-electron chi connectivity index (χ1n) is 8.56. The molecule has 2 heterocycles. The van der Waals surface area contributed by atoms with Gasteiger partial charge in [-0.2, -0.15) is 0 Å². The second-order valence-electron chi connectivity index (χ2n) is 6.05. The summed E-state index contributed by atoms with van der Waals surface area (Å²) in [5, 5.41) is 5.71. The number of thiocarbonyl (C=S) groups is 1. The predicted octanol–water partition coefficient (Wildman–Crippen LogP) is 4.59. The Labute approximate surface area is 163 Å². The lowest BCUT2D eigenvalue weighted by atomic mass is 10.1. The first kappa shape index (κ1) is 17.2. The molecule has 0 aliphatic carbocycles. The van der Waals surface area contributed by atoms with Gasteiger partial charge in [-0.25, -0.2) is 5.01 Å². The van der Waals surface area contributed by atoms with Crippen molar-refractivity contribution in [2.75, 3.05) is 12.4 Å². The molecule has 27 heavy (non-hydrogen) atoms. The van der Waals surface area contributed by atoms with E-state index >= 15 is 0 Å². The number of benzene rings is 2. The average Bonchev–Trinajstić information content (AvgIpc) is 3.38. The molecule has 136 valence electrons. The topological polar surface area (TPSA) is 49.7 Å². The molecule has 4 rings (SSSR count). The summed E-state index contributed by atoms with van der Waals surface area (Å²) in [7, 11) is 1.66. The summed E-state index contributed by atoms with van der Waals surface area (Å²) in [4.78, 5) is 0. The largest absolute Gasteiger partial charge is 0.497 e. The van der Waals surface area contributed by atoms with Gasteiger partial charge in [0.25, 0.3) is 0 Å². The molecule has 2 N–H and O–H groups in total. The molecular weight excluding hydrogens is 358 g/mol. The van der Waals surface area contributed by atoms with E-state index in [9.17, 15) is 0 Å². The third kappa shape index (κ3) is 3.66. The number of nitrogens with one attached hydrogen (secondary N) is 2. The van der Waals surface area contributed by atoms with E-state index in [0.29, 0.717) is 5.11 Å². The third-order valence-corrected chi connectivity index (χ3v) is 4.62. The quantitative estimate of drug-likeness (QED) is 0.649. The van der Waals surface area contributed by atoms with E-state index in [-0.39, 0.29) is 6.04 Å². The van der Waals surface area contributed by atoms with Gasteiger partial charge in [-0.1, -0.05) is 18.2 Å². The van der Waals surface area contributed by atoms with E-state index < -0.39 is 0 Å². The highest BCUT2D eigenvalue weighted by atomic mass is 32.1. The Bertz CT molecular complexity index is 937. The number of anilines is 1. The van der Waals surface area contributed by atoms with Gasteiger partial charge in [0.05, 0.1) is 19.1 Å². The molecule has 5 nitrogen and oxygen atoms in total. The van der Waals surface area contributed by atoms with E-state index in [1.165, 1.54) is 0 Å². The maximum atomic E-state index is 5.65. The van der Waals surface area contributed by atoms with E-state index in [1.807, 2.05) is 71.7 Å². The van der Waals surface area contributed by atoms with Crippen molar-refractivity contribution in [2.45, 2.75) is 6.04 Å². The second-order valence-corrected chi connectivity index (χ2v) is 6.43. The van der Waals surface area contributed by atoms with Crippen LogP contribution in [-0.4, -0.2) is 17.2 Å². The normalized spacial score (nSPS) is 15.8. The van der Waals surface area contributed by atoms with Crippen molar-refractivity contribution in [1.82, 2.24) is 10.4 Å². The van der Waals surface area contributed by atoms with E-state index in [0.717, 1.165) is 28.5 Å². The zero-order chi connectivity index (χ0) is 18.6. The monoisotopic (exact) mass is 377 g/mol. The molecule has 0 fully saturated rings. The smallest absolute Gasteiger partial charge is 0.193 e. The Morgan fingerprint density at radius 1 is 1.07 bits per heavy atom. The average molecular weight is 377 g/mol. The first-order valence-corrected chi connectivity index (χ1v) is 8.97.